The van der Waals surface area contributed by atoms with Crippen molar-refractivity contribution in [3.63, 3.8) is 0 Å². The Bertz CT molecular complexity index is 2260. The molecule has 49 heavy (non-hydrogen) atoms. The van der Waals surface area contributed by atoms with Crippen molar-refractivity contribution in [1.82, 2.24) is 24.5 Å². The van der Waals surface area contributed by atoms with Gasteiger partial charge in [-0.1, -0.05) is 50.2 Å². The molecule has 0 spiro atoms. The molecule has 0 bridgehead atoms. The smallest absolute Gasteiger partial charge is 0.234 e. The maximum Gasteiger partial charge on any atom is 0.234 e. The van der Waals surface area contributed by atoms with Crippen LogP contribution in [0.25, 0.3) is 50.3 Å². The quantitative estimate of drug-likeness (QED) is 0.156. The van der Waals surface area contributed by atoms with Crippen LogP contribution in [0, 0.1) is 0 Å². The molecule has 0 saturated carbocycles. The molecule has 8 rings (SSSR count). The summed E-state index contributed by atoms with van der Waals surface area (Å²) in [6.45, 7) is 4.31. The van der Waals surface area contributed by atoms with Gasteiger partial charge in [0.15, 0.2) is 0 Å². The van der Waals surface area contributed by atoms with Crippen LogP contribution in [-0.4, -0.2) is 24.5 Å². The molecule has 8 aromatic rings. The highest BCUT2D eigenvalue weighted by Gasteiger charge is 2.20. The van der Waals surface area contributed by atoms with E-state index in [0.717, 1.165) is 91.3 Å². The number of hydrogen-bond donors (Lipinski definition) is 0. The molecule has 0 amide bonds. The Morgan fingerprint density at radius 1 is 0.490 bits per heavy atom. The van der Waals surface area contributed by atoms with Gasteiger partial charge in [-0.2, -0.15) is 0 Å². The van der Waals surface area contributed by atoms with E-state index in [1.165, 1.54) is 0 Å². The second-order valence-corrected chi connectivity index (χ2v) is 11.7. The highest BCUT2D eigenvalue weighted by Crippen LogP contribution is 2.41. The van der Waals surface area contributed by atoms with Gasteiger partial charge >= 0.3 is 0 Å². The zero-order valence-electron chi connectivity index (χ0n) is 27.2. The van der Waals surface area contributed by atoms with Gasteiger partial charge in [0.1, 0.15) is 23.0 Å². The SMILES string of the molecule is CCc1cc2c3cc(CC)c(Oc4cccc(-c5ccccn5)c4)cc3n(-c3ncccn3)c2cc1Oc1cccc(-c2ccccn2)c1. The normalized spacial score (nSPS) is 11.2. The second kappa shape index (κ2) is 13.0. The molecular formula is C42H33N5O2. The number of ether oxygens (including phenoxy) is 2. The lowest BCUT2D eigenvalue weighted by Crippen LogP contribution is -2.01. The van der Waals surface area contributed by atoms with Gasteiger partial charge in [0.25, 0.3) is 0 Å². The van der Waals surface area contributed by atoms with Crippen LogP contribution in [0.1, 0.15) is 25.0 Å². The molecule has 0 fully saturated rings. The maximum absolute atomic E-state index is 6.64. The van der Waals surface area contributed by atoms with Crippen LogP contribution in [0.5, 0.6) is 23.0 Å². The Labute approximate surface area is 284 Å². The number of fused-ring (bicyclic) bond motifs is 3. The van der Waals surface area contributed by atoms with Gasteiger partial charge < -0.3 is 9.47 Å². The van der Waals surface area contributed by atoms with Gasteiger partial charge in [0.05, 0.1) is 22.4 Å². The molecule has 0 radical (unpaired) electrons. The molecular weight excluding hydrogens is 606 g/mol. The fraction of sp³-hybridized carbons (Fsp3) is 0.0952. The number of nitrogens with zero attached hydrogens (tertiary/aromatic N) is 5. The van der Waals surface area contributed by atoms with E-state index >= 15 is 0 Å². The van der Waals surface area contributed by atoms with E-state index in [2.05, 4.69) is 62.6 Å². The summed E-state index contributed by atoms with van der Waals surface area (Å²) in [5, 5.41) is 2.21. The summed E-state index contributed by atoms with van der Waals surface area (Å²) in [6.07, 6.45) is 8.73. The van der Waals surface area contributed by atoms with Crippen molar-refractivity contribution in [2.45, 2.75) is 26.7 Å². The molecule has 4 aromatic heterocycles. The minimum absolute atomic E-state index is 0.571. The number of aryl methyl sites for hydroxylation is 2. The molecule has 0 saturated heterocycles. The fourth-order valence-corrected chi connectivity index (χ4v) is 6.28. The minimum atomic E-state index is 0.571. The molecule has 4 aromatic carbocycles. The Balaban J connectivity index is 1.27. The lowest BCUT2D eigenvalue weighted by molar-refractivity contribution is 0.477. The standard InChI is InChI=1S/C42H33N5O2/c1-3-28-24-34-35-25-29(4-2)41(49-33-15-10-13-31(23-33)37-17-6-8-19-44-37)27-39(35)47(42-45-20-11-21-46-42)38(34)26-40(28)48-32-14-9-12-30(22-32)36-16-5-7-18-43-36/h5-27H,3-4H2,1-2H3. The van der Waals surface area contributed by atoms with Crippen LogP contribution in [0.2, 0.25) is 0 Å². The van der Waals surface area contributed by atoms with E-state index in [0.29, 0.717) is 5.95 Å². The number of rotatable bonds is 9. The van der Waals surface area contributed by atoms with Crippen LogP contribution < -0.4 is 9.47 Å². The topological polar surface area (TPSA) is 75.0 Å². The summed E-state index contributed by atoms with van der Waals surface area (Å²) in [7, 11) is 0. The van der Waals surface area contributed by atoms with Crippen molar-refractivity contribution in [3.05, 3.63) is 151 Å². The number of hydrogen-bond acceptors (Lipinski definition) is 6. The first-order valence-electron chi connectivity index (χ1n) is 16.5. The number of pyridine rings is 2. The third-order valence-corrected chi connectivity index (χ3v) is 8.69. The summed E-state index contributed by atoms with van der Waals surface area (Å²) in [5.41, 5.74) is 7.89. The zero-order valence-corrected chi connectivity index (χ0v) is 27.2. The second-order valence-electron chi connectivity index (χ2n) is 11.7. The van der Waals surface area contributed by atoms with Crippen LogP contribution in [-0.2, 0) is 12.8 Å². The van der Waals surface area contributed by atoms with Crippen LogP contribution >= 0.6 is 0 Å². The lowest BCUT2D eigenvalue weighted by Gasteiger charge is -2.13. The average molecular weight is 640 g/mol. The third-order valence-electron chi connectivity index (χ3n) is 8.69. The van der Waals surface area contributed by atoms with Crippen LogP contribution in [0.3, 0.4) is 0 Å². The van der Waals surface area contributed by atoms with Crippen molar-refractivity contribution < 1.29 is 9.47 Å². The van der Waals surface area contributed by atoms with Gasteiger partial charge in [-0.25, -0.2) is 9.97 Å². The van der Waals surface area contributed by atoms with Crippen LogP contribution in [0.4, 0.5) is 0 Å². The van der Waals surface area contributed by atoms with Gasteiger partial charge in [-0.15, -0.1) is 0 Å². The number of benzene rings is 4. The molecule has 0 aliphatic rings. The Kier molecular flexibility index (Phi) is 7.99. The molecule has 7 heteroatoms. The van der Waals surface area contributed by atoms with E-state index in [1.807, 2.05) is 91.0 Å². The molecule has 0 atom stereocenters. The van der Waals surface area contributed by atoms with Crippen molar-refractivity contribution in [3.8, 4) is 51.5 Å². The Hall–Kier alpha value is -6.34. The van der Waals surface area contributed by atoms with E-state index in [4.69, 9.17) is 9.47 Å². The first-order chi connectivity index (χ1) is 24.2. The van der Waals surface area contributed by atoms with E-state index < -0.39 is 0 Å². The van der Waals surface area contributed by atoms with Gasteiger partial charge in [0, 0.05) is 58.8 Å². The van der Waals surface area contributed by atoms with Gasteiger partial charge in [0.2, 0.25) is 5.95 Å². The van der Waals surface area contributed by atoms with Gasteiger partial charge in [-0.3, -0.25) is 14.5 Å². The Morgan fingerprint density at radius 3 is 1.43 bits per heavy atom. The van der Waals surface area contributed by atoms with E-state index in [9.17, 15) is 0 Å². The number of aromatic nitrogens is 5. The maximum atomic E-state index is 6.64. The van der Waals surface area contributed by atoms with Crippen molar-refractivity contribution in [2.75, 3.05) is 0 Å². The lowest BCUT2D eigenvalue weighted by atomic mass is 10.0. The minimum Gasteiger partial charge on any atom is -0.457 e. The molecule has 238 valence electrons. The average Bonchev–Trinajstić information content (AvgIpc) is 3.47. The van der Waals surface area contributed by atoms with Gasteiger partial charge in [-0.05, 0) is 90.7 Å². The molecule has 0 N–H and O–H groups in total. The highest BCUT2D eigenvalue weighted by molar-refractivity contribution is 6.10. The largest absolute Gasteiger partial charge is 0.457 e. The predicted molar refractivity (Wildman–Crippen MR) is 195 cm³/mol. The molecule has 4 heterocycles. The summed E-state index contributed by atoms with van der Waals surface area (Å²) in [5.74, 6) is 3.63. The third kappa shape index (κ3) is 5.87. The van der Waals surface area contributed by atoms with E-state index in [-0.39, 0.29) is 0 Å². The summed E-state index contributed by atoms with van der Waals surface area (Å²) in [4.78, 5) is 18.4. The highest BCUT2D eigenvalue weighted by atomic mass is 16.5. The van der Waals surface area contributed by atoms with Crippen molar-refractivity contribution in [2.24, 2.45) is 0 Å². The first-order valence-corrected chi connectivity index (χ1v) is 16.5. The fourth-order valence-electron chi connectivity index (χ4n) is 6.28. The molecule has 0 aliphatic heterocycles. The predicted octanol–water partition coefficient (Wildman–Crippen LogP) is 10.4. The van der Waals surface area contributed by atoms with Crippen molar-refractivity contribution >= 4 is 21.8 Å². The zero-order chi connectivity index (χ0) is 33.2. The summed E-state index contributed by atoms with van der Waals surface area (Å²) < 4.78 is 15.4. The first kappa shape index (κ1) is 30.0. The van der Waals surface area contributed by atoms with Crippen LogP contribution in [0.15, 0.2) is 140 Å². The molecule has 7 nitrogen and oxygen atoms in total. The van der Waals surface area contributed by atoms with Crippen molar-refractivity contribution in [1.29, 1.82) is 0 Å². The molecule has 0 unspecified atom stereocenters. The summed E-state index contributed by atoms with van der Waals surface area (Å²) in [6, 6.07) is 38.5. The Morgan fingerprint density at radius 2 is 0.980 bits per heavy atom. The monoisotopic (exact) mass is 639 g/mol. The molecule has 0 aliphatic carbocycles. The van der Waals surface area contributed by atoms with E-state index in [1.54, 1.807) is 24.8 Å². The summed E-state index contributed by atoms with van der Waals surface area (Å²) >= 11 is 0.